The molecule has 5 nitrogen and oxygen atoms in total. The van der Waals surface area contributed by atoms with Crippen LogP contribution in [0.2, 0.25) is 0 Å². The van der Waals surface area contributed by atoms with E-state index in [9.17, 15) is 9.18 Å². The quantitative estimate of drug-likeness (QED) is 0.877. The van der Waals surface area contributed by atoms with Gasteiger partial charge in [0.1, 0.15) is 16.5 Å². The Morgan fingerprint density at radius 3 is 2.91 bits per heavy atom. The highest BCUT2D eigenvalue weighted by molar-refractivity contribution is 7.09. The van der Waals surface area contributed by atoms with E-state index in [4.69, 9.17) is 5.73 Å². The van der Waals surface area contributed by atoms with Crippen LogP contribution in [-0.2, 0) is 6.54 Å². The summed E-state index contributed by atoms with van der Waals surface area (Å²) in [5, 5.41) is 5.43. The fraction of sp³-hybridized carbons (Fsp3) is 0.375. The van der Waals surface area contributed by atoms with Crippen LogP contribution in [0, 0.1) is 11.7 Å². The molecule has 3 rings (SSSR count). The van der Waals surface area contributed by atoms with Gasteiger partial charge in [0, 0.05) is 37.2 Å². The van der Waals surface area contributed by atoms with Gasteiger partial charge in [-0.05, 0) is 36.6 Å². The molecular weight excluding hydrogens is 315 g/mol. The van der Waals surface area contributed by atoms with Crippen LogP contribution in [-0.4, -0.2) is 30.5 Å². The number of thiazole rings is 1. The van der Waals surface area contributed by atoms with Gasteiger partial charge in [0.25, 0.3) is 5.91 Å². The molecule has 2 aromatic rings. The zero-order valence-electron chi connectivity index (χ0n) is 12.7. The van der Waals surface area contributed by atoms with Gasteiger partial charge in [0.15, 0.2) is 0 Å². The highest BCUT2D eigenvalue weighted by Crippen LogP contribution is 2.23. The predicted octanol–water partition coefficient (Wildman–Crippen LogP) is 2.00. The molecule has 0 radical (unpaired) electrons. The Hall–Kier alpha value is -1.99. The summed E-state index contributed by atoms with van der Waals surface area (Å²) in [6.07, 6.45) is 1.00. The first-order valence-electron chi connectivity index (χ1n) is 7.59. The number of carbonyl (C=O) groups excluding carboxylic acids is 1. The molecule has 1 aromatic heterocycles. The SMILES string of the molecule is NCc1nc(C(=O)NCC2CCN(c3ccc(F)cc3)C2)cs1. The zero-order valence-corrected chi connectivity index (χ0v) is 13.5. The van der Waals surface area contributed by atoms with E-state index >= 15 is 0 Å². The molecule has 1 aliphatic rings. The number of hydrogen-bond acceptors (Lipinski definition) is 5. The van der Waals surface area contributed by atoms with Crippen molar-refractivity contribution >= 4 is 22.9 Å². The number of halogens is 1. The molecule has 1 saturated heterocycles. The molecule has 1 atom stereocenters. The molecular formula is C16H19FN4OS. The van der Waals surface area contributed by atoms with Crippen LogP contribution in [0.3, 0.4) is 0 Å². The molecule has 1 unspecified atom stereocenters. The first-order valence-corrected chi connectivity index (χ1v) is 8.47. The summed E-state index contributed by atoms with van der Waals surface area (Å²) in [5.74, 6) is 0.00896. The van der Waals surface area contributed by atoms with Gasteiger partial charge in [-0.1, -0.05) is 0 Å². The van der Waals surface area contributed by atoms with Crippen molar-refractivity contribution in [3.63, 3.8) is 0 Å². The van der Waals surface area contributed by atoms with Crippen LogP contribution >= 0.6 is 11.3 Å². The van der Waals surface area contributed by atoms with E-state index in [0.29, 0.717) is 24.7 Å². The van der Waals surface area contributed by atoms with Gasteiger partial charge in [-0.2, -0.15) is 0 Å². The van der Waals surface area contributed by atoms with Gasteiger partial charge in [-0.25, -0.2) is 9.37 Å². The van der Waals surface area contributed by atoms with Crippen LogP contribution in [0.15, 0.2) is 29.6 Å². The van der Waals surface area contributed by atoms with Gasteiger partial charge in [-0.3, -0.25) is 4.79 Å². The average molecular weight is 334 g/mol. The maximum atomic E-state index is 13.0. The predicted molar refractivity (Wildman–Crippen MR) is 89.1 cm³/mol. The number of aromatic nitrogens is 1. The molecule has 0 bridgehead atoms. The van der Waals surface area contributed by atoms with E-state index in [1.165, 1.54) is 23.5 Å². The average Bonchev–Trinajstić information content (AvgIpc) is 3.22. The number of hydrogen-bond donors (Lipinski definition) is 2. The fourth-order valence-electron chi connectivity index (χ4n) is 2.72. The Bertz CT molecular complexity index is 673. The summed E-state index contributed by atoms with van der Waals surface area (Å²) < 4.78 is 13.0. The number of benzene rings is 1. The molecule has 1 fully saturated rings. The smallest absolute Gasteiger partial charge is 0.270 e. The van der Waals surface area contributed by atoms with Crippen molar-refractivity contribution < 1.29 is 9.18 Å². The van der Waals surface area contributed by atoms with Crippen molar-refractivity contribution in [1.82, 2.24) is 10.3 Å². The second-order valence-electron chi connectivity index (χ2n) is 5.62. The summed E-state index contributed by atoms with van der Waals surface area (Å²) in [6.45, 7) is 2.75. The maximum absolute atomic E-state index is 13.0. The second-order valence-corrected chi connectivity index (χ2v) is 6.56. The molecule has 0 spiro atoms. The minimum atomic E-state index is -0.225. The summed E-state index contributed by atoms with van der Waals surface area (Å²) in [7, 11) is 0. The standard InChI is InChI=1S/C16H19FN4OS/c17-12-1-3-13(4-2-12)21-6-5-11(9-21)8-19-16(22)14-10-23-15(7-18)20-14/h1-4,10-11H,5-9,18H2,(H,19,22). The Morgan fingerprint density at radius 1 is 1.43 bits per heavy atom. The molecule has 122 valence electrons. The van der Waals surface area contributed by atoms with Gasteiger partial charge >= 0.3 is 0 Å². The van der Waals surface area contributed by atoms with E-state index in [-0.39, 0.29) is 11.7 Å². The highest BCUT2D eigenvalue weighted by Gasteiger charge is 2.23. The molecule has 3 N–H and O–H groups in total. The van der Waals surface area contributed by atoms with Crippen molar-refractivity contribution in [2.45, 2.75) is 13.0 Å². The van der Waals surface area contributed by atoms with Crippen LogP contribution in [0.25, 0.3) is 0 Å². The molecule has 1 aromatic carbocycles. The van der Waals surface area contributed by atoms with Gasteiger partial charge in [0.05, 0.1) is 0 Å². The number of anilines is 1. The van der Waals surface area contributed by atoms with Gasteiger partial charge < -0.3 is 16.0 Å². The Morgan fingerprint density at radius 2 is 2.22 bits per heavy atom. The molecule has 1 aliphatic heterocycles. The van der Waals surface area contributed by atoms with Crippen molar-refractivity contribution in [3.05, 3.63) is 46.2 Å². The van der Waals surface area contributed by atoms with E-state index < -0.39 is 0 Å². The summed E-state index contributed by atoms with van der Waals surface area (Å²) in [5.41, 5.74) is 6.96. The lowest BCUT2D eigenvalue weighted by atomic mass is 10.1. The summed E-state index contributed by atoms with van der Waals surface area (Å²) >= 11 is 1.40. The minimum absolute atomic E-state index is 0.152. The zero-order chi connectivity index (χ0) is 16.2. The second kappa shape index (κ2) is 7.06. The molecule has 1 amide bonds. The normalized spacial score (nSPS) is 17.5. The molecule has 7 heteroatoms. The van der Waals surface area contributed by atoms with Crippen LogP contribution < -0.4 is 16.0 Å². The topological polar surface area (TPSA) is 71.2 Å². The molecule has 2 heterocycles. The number of amides is 1. The maximum Gasteiger partial charge on any atom is 0.270 e. The summed E-state index contributed by atoms with van der Waals surface area (Å²) in [6, 6.07) is 6.53. The number of nitrogens with zero attached hydrogens (tertiary/aromatic N) is 2. The largest absolute Gasteiger partial charge is 0.371 e. The Balaban J connectivity index is 1.50. The first kappa shape index (κ1) is 15.9. The van der Waals surface area contributed by atoms with Crippen LogP contribution in [0.1, 0.15) is 21.9 Å². The number of nitrogens with one attached hydrogen (secondary N) is 1. The van der Waals surface area contributed by atoms with E-state index in [0.717, 1.165) is 30.2 Å². The van der Waals surface area contributed by atoms with Crippen molar-refractivity contribution in [3.8, 4) is 0 Å². The molecule has 23 heavy (non-hydrogen) atoms. The molecule has 0 saturated carbocycles. The van der Waals surface area contributed by atoms with Crippen LogP contribution in [0.5, 0.6) is 0 Å². The highest BCUT2D eigenvalue weighted by atomic mass is 32.1. The third kappa shape index (κ3) is 3.86. The van der Waals surface area contributed by atoms with E-state index in [1.807, 2.05) is 0 Å². The van der Waals surface area contributed by atoms with E-state index in [2.05, 4.69) is 15.2 Å². The number of rotatable bonds is 5. The number of carbonyl (C=O) groups is 1. The third-order valence-electron chi connectivity index (χ3n) is 3.99. The van der Waals surface area contributed by atoms with Crippen LogP contribution in [0.4, 0.5) is 10.1 Å². The lowest BCUT2D eigenvalue weighted by molar-refractivity contribution is 0.0944. The van der Waals surface area contributed by atoms with Crippen molar-refractivity contribution in [1.29, 1.82) is 0 Å². The lowest BCUT2D eigenvalue weighted by Gasteiger charge is -2.18. The van der Waals surface area contributed by atoms with Crippen molar-refractivity contribution in [2.24, 2.45) is 11.7 Å². The molecule has 0 aliphatic carbocycles. The number of nitrogens with two attached hydrogens (primary N) is 1. The fourth-order valence-corrected chi connectivity index (χ4v) is 3.38. The van der Waals surface area contributed by atoms with Gasteiger partial charge in [0.2, 0.25) is 0 Å². The minimum Gasteiger partial charge on any atom is -0.371 e. The third-order valence-corrected chi connectivity index (χ3v) is 4.86. The van der Waals surface area contributed by atoms with Crippen molar-refractivity contribution in [2.75, 3.05) is 24.5 Å². The Kier molecular flexibility index (Phi) is 4.88. The monoisotopic (exact) mass is 334 g/mol. The summed E-state index contributed by atoms with van der Waals surface area (Å²) in [4.78, 5) is 18.5. The lowest BCUT2D eigenvalue weighted by Crippen LogP contribution is -2.31. The first-order chi connectivity index (χ1) is 11.2. The Labute approximate surface area is 138 Å². The van der Waals surface area contributed by atoms with E-state index in [1.54, 1.807) is 17.5 Å². The van der Waals surface area contributed by atoms with Gasteiger partial charge in [-0.15, -0.1) is 11.3 Å².